The molecular formula is C20H19N5O3. The van der Waals surface area contributed by atoms with Crippen molar-refractivity contribution < 1.29 is 14.4 Å². The first kappa shape index (κ1) is 17.8. The molecule has 2 aliphatic heterocycles. The van der Waals surface area contributed by atoms with E-state index < -0.39 is 23.9 Å². The van der Waals surface area contributed by atoms with Gasteiger partial charge in [-0.1, -0.05) is 41.1 Å². The first-order valence-corrected chi connectivity index (χ1v) is 8.93. The fourth-order valence-electron chi connectivity index (χ4n) is 3.35. The number of rotatable bonds is 4. The van der Waals surface area contributed by atoms with Crippen molar-refractivity contribution in [2.45, 2.75) is 25.9 Å². The largest absolute Gasteiger partial charge is 0.324 e. The predicted molar refractivity (Wildman–Crippen MR) is 103 cm³/mol. The molecule has 8 heteroatoms. The Hall–Kier alpha value is -3.55. The third-order valence-electron chi connectivity index (χ3n) is 4.87. The van der Waals surface area contributed by atoms with Crippen LogP contribution in [0.3, 0.4) is 0 Å². The van der Waals surface area contributed by atoms with Gasteiger partial charge in [-0.15, -0.1) is 0 Å². The van der Waals surface area contributed by atoms with Gasteiger partial charge in [0.2, 0.25) is 5.91 Å². The average Bonchev–Trinajstić information content (AvgIpc) is 3.18. The summed E-state index contributed by atoms with van der Waals surface area (Å²) in [5.74, 6) is -1.18. The highest BCUT2D eigenvalue weighted by atomic mass is 16.2. The number of aryl methyl sites for hydroxylation is 2. The Morgan fingerprint density at radius 2 is 1.75 bits per heavy atom. The highest BCUT2D eigenvalue weighted by Crippen LogP contribution is 2.31. The molecule has 4 rings (SSSR count). The van der Waals surface area contributed by atoms with Crippen LogP contribution in [0.15, 0.2) is 58.9 Å². The van der Waals surface area contributed by atoms with Crippen LogP contribution in [0.5, 0.6) is 0 Å². The number of amides is 3. The van der Waals surface area contributed by atoms with Gasteiger partial charge >= 0.3 is 0 Å². The van der Waals surface area contributed by atoms with Crippen LogP contribution >= 0.6 is 0 Å². The van der Waals surface area contributed by atoms with Crippen molar-refractivity contribution in [3.8, 4) is 0 Å². The fraction of sp³-hybridized carbons (Fsp3) is 0.250. The van der Waals surface area contributed by atoms with E-state index in [2.05, 4.69) is 15.7 Å². The summed E-state index contributed by atoms with van der Waals surface area (Å²) in [7, 11) is 0. The summed E-state index contributed by atoms with van der Waals surface area (Å²) in [6.07, 6.45) is 0. The second-order valence-electron chi connectivity index (χ2n) is 6.90. The molecule has 142 valence electrons. The van der Waals surface area contributed by atoms with Gasteiger partial charge in [-0.25, -0.2) is 4.90 Å². The number of carbonyl (C=O) groups is 3. The van der Waals surface area contributed by atoms with Gasteiger partial charge in [0.05, 0.1) is 5.69 Å². The topological polar surface area (TPSA) is 94.4 Å². The summed E-state index contributed by atoms with van der Waals surface area (Å²) in [4.78, 5) is 39.1. The zero-order valence-electron chi connectivity index (χ0n) is 15.5. The lowest BCUT2D eigenvalue weighted by atomic mass is 10.1. The minimum atomic E-state index is -0.917. The van der Waals surface area contributed by atoms with Gasteiger partial charge in [0.25, 0.3) is 11.8 Å². The highest BCUT2D eigenvalue weighted by molar-refractivity contribution is 6.25. The van der Waals surface area contributed by atoms with Crippen molar-refractivity contribution in [2.24, 2.45) is 10.3 Å². The third-order valence-corrected chi connectivity index (χ3v) is 4.87. The molecule has 2 heterocycles. The third kappa shape index (κ3) is 3.02. The van der Waals surface area contributed by atoms with E-state index in [4.69, 9.17) is 0 Å². The van der Waals surface area contributed by atoms with Crippen molar-refractivity contribution in [2.75, 3.05) is 16.8 Å². The lowest BCUT2D eigenvalue weighted by molar-refractivity contribution is -0.123. The van der Waals surface area contributed by atoms with Gasteiger partial charge in [-0.05, 0) is 37.6 Å². The van der Waals surface area contributed by atoms with E-state index in [0.717, 1.165) is 16.0 Å². The second kappa shape index (κ2) is 6.88. The highest BCUT2D eigenvalue weighted by Gasteiger charge is 2.55. The maximum atomic E-state index is 12.9. The van der Waals surface area contributed by atoms with E-state index in [9.17, 15) is 14.4 Å². The van der Waals surface area contributed by atoms with Crippen molar-refractivity contribution in [3.05, 3.63) is 59.7 Å². The van der Waals surface area contributed by atoms with Crippen molar-refractivity contribution in [1.29, 1.82) is 0 Å². The Labute approximate surface area is 161 Å². The molecule has 3 amide bonds. The zero-order chi connectivity index (χ0) is 19.8. The van der Waals surface area contributed by atoms with Gasteiger partial charge < -0.3 is 5.32 Å². The Morgan fingerprint density at radius 1 is 1.04 bits per heavy atom. The standard InChI is InChI=1S/C20H19N5O3/c1-12-7-9-14(10-8-12)25-19(27)17-18(20(25)28)24(23-22-17)11-16(26)21-15-6-4-3-5-13(15)2/h3-10,17-18H,11H2,1-2H3,(H,21,26)/t17-,18+/m1/s1. The van der Waals surface area contributed by atoms with Gasteiger partial charge in [-0.2, -0.15) is 5.11 Å². The van der Waals surface area contributed by atoms with Crippen LogP contribution in [-0.2, 0) is 14.4 Å². The number of imide groups is 1. The number of nitrogens with one attached hydrogen (secondary N) is 1. The Bertz CT molecular complexity index is 986. The van der Waals surface area contributed by atoms with Gasteiger partial charge in [0.1, 0.15) is 6.54 Å². The molecule has 2 aromatic carbocycles. The lowest BCUT2D eigenvalue weighted by Gasteiger charge is -2.20. The number of benzene rings is 2. The number of carbonyl (C=O) groups excluding carboxylic acids is 3. The van der Waals surface area contributed by atoms with E-state index in [0.29, 0.717) is 11.4 Å². The van der Waals surface area contributed by atoms with E-state index in [-0.39, 0.29) is 12.5 Å². The monoisotopic (exact) mass is 377 g/mol. The number of para-hydroxylation sites is 1. The molecule has 2 aliphatic rings. The average molecular weight is 377 g/mol. The van der Waals surface area contributed by atoms with Gasteiger partial charge in [-0.3, -0.25) is 19.4 Å². The quantitative estimate of drug-likeness (QED) is 0.827. The minimum Gasteiger partial charge on any atom is -0.324 e. The van der Waals surface area contributed by atoms with E-state index in [1.54, 1.807) is 18.2 Å². The van der Waals surface area contributed by atoms with Crippen LogP contribution in [0.2, 0.25) is 0 Å². The van der Waals surface area contributed by atoms with Crippen LogP contribution in [0.1, 0.15) is 11.1 Å². The van der Waals surface area contributed by atoms with Crippen LogP contribution < -0.4 is 10.2 Å². The molecule has 0 aliphatic carbocycles. The number of hydrogen-bond donors (Lipinski definition) is 1. The van der Waals surface area contributed by atoms with Gasteiger partial charge in [0.15, 0.2) is 12.1 Å². The van der Waals surface area contributed by atoms with Crippen LogP contribution in [0, 0.1) is 13.8 Å². The molecule has 0 spiro atoms. The fourth-order valence-corrected chi connectivity index (χ4v) is 3.35. The molecule has 8 nitrogen and oxygen atoms in total. The smallest absolute Gasteiger partial charge is 0.263 e. The predicted octanol–water partition coefficient (Wildman–Crippen LogP) is 2.24. The first-order chi connectivity index (χ1) is 13.5. The molecule has 1 saturated heterocycles. The Morgan fingerprint density at radius 3 is 2.46 bits per heavy atom. The molecule has 2 atom stereocenters. The summed E-state index contributed by atoms with van der Waals surface area (Å²) in [5, 5.41) is 11.9. The molecule has 0 unspecified atom stereocenters. The molecule has 1 fully saturated rings. The summed E-state index contributed by atoms with van der Waals surface area (Å²) >= 11 is 0. The molecule has 0 saturated carbocycles. The second-order valence-corrected chi connectivity index (χ2v) is 6.90. The molecule has 0 aromatic heterocycles. The molecule has 0 bridgehead atoms. The number of hydrogen-bond acceptors (Lipinski definition) is 6. The summed E-state index contributed by atoms with van der Waals surface area (Å²) in [6, 6.07) is 12.7. The van der Waals surface area contributed by atoms with E-state index >= 15 is 0 Å². The maximum absolute atomic E-state index is 12.9. The summed E-state index contributed by atoms with van der Waals surface area (Å²) < 4.78 is 0. The van der Waals surface area contributed by atoms with Gasteiger partial charge in [0, 0.05) is 5.69 Å². The minimum absolute atomic E-state index is 0.167. The van der Waals surface area contributed by atoms with Crippen molar-refractivity contribution >= 4 is 29.1 Å². The normalized spacial score (nSPS) is 20.6. The summed E-state index contributed by atoms with van der Waals surface area (Å²) in [5.41, 5.74) is 3.14. The number of nitrogens with zero attached hydrogens (tertiary/aromatic N) is 4. The first-order valence-electron chi connectivity index (χ1n) is 8.93. The van der Waals surface area contributed by atoms with Crippen LogP contribution in [0.25, 0.3) is 0 Å². The van der Waals surface area contributed by atoms with E-state index in [1.807, 2.05) is 44.2 Å². The van der Waals surface area contributed by atoms with Crippen molar-refractivity contribution in [1.82, 2.24) is 5.01 Å². The molecule has 1 N–H and O–H groups in total. The number of anilines is 2. The maximum Gasteiger partial charge on any atom is 0.263 e. The van der Waals surface area contributed by atoms with Crippen LogP contribution in [-0.4, -0.2) is 41.4 Å². The SMILES string of the molecule is Cc1ccc(N2C(=O)[C@@H]3[C@@H](N=NN3CC(=O)Nc3ccccc3C)C2=O)cc1. The molecular weight excluding hydrogens is 358 g/mol. The van der Waals surface area contributed by atoms with Crippen LogP contribution in [0.4, 0.5) is 11.4 Å². The number of fused-ring (bicyclic) bond motifs is 1. The Kier molecular flexibility index (Phi) is 4.38. The molecule has 2 aromatic rings. The lowest BCUT2D eigenvalue weighted by Crippen LogP contribution is -2.43. The van der Waals surface area contributed by atoms with E-state index in [1.165, 1.54) is 5.01 Å². The van der Waals surface area contributed by atoms with Crippen molar-refractivity contribution in [3.63, 3.8) is 0 Å². The zero-order valence-corrected chi connectivity index (χ0v) is 15.5. The summed E-state index contributed by atoms with van der Waals surface area (Å²) in [6.45, 7) is 3.65. The Balaban J connectivity index is 1.49. The molecule has 28 heavy (non-hydrogen) atoms. The molecule has 0 radical (unpaired) electrons.